The van der Waals surface area contributed by atoms with Gasteiger partial charge in [-0.1, -0.05) is 49.4 Å². The zero-order chi connectivity index (χ0) is 14.4. The largest absolute Gasteiger partial charge is 1.00 e. The van der Waals surface area contributed by atoms with Crippen LogP contribution in [0.25, 0.3) is 0 Å². The number of hydrogen-bond donors (Lipinski definition) is 0. The molecule has 0 aliphatic rings. The molecule has 0 fully saturated rings. The van der Waals surface area contributed by atoms with Crippen LogP contribution in [-0.4, -0.2) is 12.6 Å². The van der Waals surface area contributed by atoms with E-state index in [4.69, 9.17) is 4.74 Å². The number of carboxylic acid groups (broad SMARTS) is 1. The van der Waals surface area contributed by atoms with Crippen molar-refractivity contribution in [3.63, 3.8) is 0 Å². The number of aliphatic carboxylic acids is 1. The van der Waals surface area contributed by atoms with Crippen molar-refractivity contribution >= 4 is 5.97 Å². The monoisotopic (exact) mass is 292 g/mol. The van der Waals surface area contributed by atoms with Crippen LogP contribution < -0.4 is 39.4 Å². The average molecular weight is 292 g/mol. The smallest absolute Gasteiger partial charge is 0.546 e. The van der Waals surface area contributed by atoms with Crippen LogP contribution >= 0.6 is 0 Å². The van der Waals surface area contributed by atoms with Gasteiger partial charge in [-0.05, 0) is 29.7 Å². The molecule has 1 atom stereocenters. The van der Waals surface area contributed by atoms with Gasteiger partial charge in [0.1, 0.15) is 12.4 Å². The molecule has 0 saturated carbocycles. The maximum Gasteiger partial charge on any atom is 1.00 e. The maximum atomic E-state index is 10.3. The fraction of sp³-hybridized carbons (Fsp3) is 0.235. The number of hydrogen-bond acceptors (Lipinski definition) is 3. The Hall–Kier alpha value is -1.29. The number of rotatable bonds is 6. The first kappa shape index (κ1) is 17.8. The molecule has 2 rings (SSSR count). The second-order valence-electron chi connectivity index (χ2n) is 4.60. The molecule has 0 heterocycles. The van der Waals surface area contributed by atoms with Gasteiger partial charge in [0.2, 0.25) is 0 Å². The summed E-state index contributed by atoms with van der Waals surface area (Å²) in [5, 5.41) is 10.3. The van der Waals surface area contributed by atoms with E-state index in [-0.39, 0.29) is 29.6 Å². The van der Waals surface area contributed by atoms with Crippen LogP contribution in [0, 0.1) is 0 Å². The number of ether oxygens (including phenoxy) is 1. The predicted octanol–water partition coefficient (Wildman–Crippen LogP) is -0.639. The van der Waals surface area contributed by atoms with E-state index in [0.717, 1.165) is 6.42 Å². The predicted molar refractivity (Wildman–Crippen MR) is 75.5 cm³/mol. The van der Waals surface area contributed by atoms with Crippen molar-refractivity contribution in [2.45, 2.75) is 19.3 Å². The van der Waals surface area contributed by atoms with E-state index in [0.29, 0.717) is 11.7 Å². The van der Waals surface area contributed by atoms with Gasteiger partial charge in [0.05, 0.1) is 5.97 Å². The molecule has 0 aliphatic heterocycles. The van der Waals surface area contributed by atoms with Crippen LogP contribution in [-0.2, 0) is 4.79 Å². The number of carbonyl (C=O) groups is 1. The first-order valence-corrected chi connectivity index (χ1v) is 6.68. The summed E-state index contributed by atoms with van der Waals surface area (Å²) < 4.78 is 5.08. The molecule has 1 unspecified atom stereocenters. The molecule has 104 valence electrons. The van der Waals surface area contributed by atoms with E-state index in [1.54, 1.807) is 12.1 Å². The molecule has 0 amide bonds. The van der Waals surface area contributed by atoms with E-state index < -0.39 is 12.6 Å². The van der Waals surface area contributed by atoms with Crippen molar-refractivity contribution in [3.05, 3.63) is 65.7 Å². The first-order valence-electron chi connectivity index (χ1n) is 6.68. The molecule has 0 saturated heterocycles. The molecule has 0 N–H and O–H groups in total. The Bertz CT molecular complexity index is 552. The number of benzene rings is 2. The molecule has 0 radical (unpaired) electrons. The van der Waals surface area contributed by atoms with Gasteiger partial charge in [-0.25, -0.2) is 0 Å². The third-order valence-corrected chi connectivity index (χ3v) is 3.25. The first-order chi connectivity index (χ1) is 9.70. The normalized spacial score (nSPS) is 11.3. The van der Waals surface area contributed by atoms with Crippen LogP contribution in [0.5, 0.6) is 5.75 Å². The fourth-order valence-electron chi connectivity index (χ4n) is 2.29. The molecule has 3 nitrogen and oxygen atoms in total. The van der Waals surface area contributed by atoms with Crippen molar-refractivity contribution in [2.75, 3.05) is 6.61 Å². The van der Waals surface area contributed by atoms with Crippen LogP contribution in [0.2, 0.25) is 0 Å². The molecule has 4 heteroatoms. The van der Waals surface area contributed by atoms with Gasteiger partial charge in [0.25, 0.3) is 0 Å². The van der Waals surface area contributed by atoms with Crippen molar-refractivity contribution < 1.29 is 44.2 Å². The molecular weight excluding hydrogens is 275 g/mol. The molecule has 0 bridgehead atoms. The van der Waals surface area contributed by atoms with Gasteiger partial charge < -0.3 is 14.6 Å². The summed E-state index contributed by atoms with van der Waals surface area (Å²) in [5.74, 6) is -0.336. The summed E-state index contributed by atoms with van der Waals surface area (Å²) in [6.07, 6.45) is 1.00. The summed E-state index contributed by atoms with van der Waals surface area (Å²) in [6, 6.07) is 17.9. The summed E-state index contributed by atoms with van der Waals surface area (Å²) in [6.45, 7) is 1.73. The molecule has 21 heavy (non-hydrogen) atoms. The van der Waals surface area contributed by atoms with E-state index in [2.05, 4.69) is 19.1 Å². The van der Waals surface area contributed by atoms with Gasteiger partial charge in [-0.2, -0.15) is 0 Å². The summed E-state index contributed by atoms with van der Waals surface area (Å²) in [5.41, 5.74) is 2.47. The summed E-state index contributed by atoms with van der Waals surface area (Å²) >= 11 is 0. The summed E-state index contributed by atoms with van der Waals surface area (Å²) in [7, 11) is 0. The molecular formula is C17H17NaO3. The molecule has 0 spiro atoms. The Morgan fingerprint density at radius 1 is 1.05 bits per heavy atom. The second kappa shape index (κ2) is 8.88. The minimum absolute atomic E-state index is 0. The van der Waals surface area contributed by atoms with Gasteiger partial charge in [-0.3, -0.25) is 0 Å². The molecule has 0 aromatic heterocycles. The van der Waals surface area contributed by atoms with Gasteiger partial charge in [0.15, 0.2) is 0 Å². The Kier molecular flexibility index (Phi) is 7.51. The summed E-state index contributed by atoms with van der Waals surface area (Å²) in [4.78, 5) is 10.3. The van der Waals surface area contributed by atoms with E-state index in [1.165, 1.54) is 11.1 Å². The van der Waals surface area contributed by atoms with Crippen molar-refractivity contribution in [1.29, 1.82) is 0 Å². The van der Waals surface area contributed by atoms with Crippen LogP contribution in [0.15, 0.2) is 54.6 Å². The zero-order valence-corrected chi connectivity index (χ0v) is 14.4. The Morgan fingerprint density at radius 2 is 1.62 bits per heavy atom. The van der Waals surface area contributed by atoms with E-state index in [1.807, 2.05) is 30.3 Å². The van der Waals surface area contributed by atoms with Crippen molar-refractivity contribution in [2.24, 2.45) is 0 Å². The van der Waals surface area contributed by atoms with Crippen molar-refractivity contribution in [1.82, 2.24) is 0 Å². The Morgan fingerprint density at radius 3 is 2.14 bits per heavy atom. The van der Waals surface area contributed by atoms with Gasteiger partial charge in [0, 0.05) is 5.92 Å². The number of carbonyl (C=O) groups excluding carboxylic acids is 1. The van der Waals surface area contributed by atoms with E-state index >= 15 is 0 Å². The third-order valence-electron chi connectivity index (χ3n) is 3.25. The fourth-order valence-corrected chi connectivity index (χ4v) is 2.29. The maximum absolute atomic E-state index is 10.3. The average Bonchev–Trinajstić information content (AvgIpc) is 2.48. The van der Waals surface area contributed by atoms with Crippen LogP contribution in [0.1, 0.15) is 30.4 Å². The minimum Gasteiger partial charge on any atom is -0.546 e. The Balaban J connectivity index is 0.00000220. The van der Waals surface area contributed by atoms with Crippen molar-refractivity contribution in [3.8, 4) is 5.75 Å². The Labute approximate surface area is 147 Å². The van der Waals surface area contributed by atoms with Gasteiger partial charge >= 0.3 is 29.6 Å². The van der Waals surface area contributed by atoms with E-state index in [9.17, 15) is 9.90 Å². The molecule has 2 aromatic rings. The number of carboxylic acids is 1. The third kappa shape index (κ3) is 5.20. The minimum atomic E-state index is -1.22. The van der Waals surface area contributed by atoms with Crippen LogP contribution in [0.4, 0.5) is 0 Å². The second-order valence-corrected chi connectivity index (χ2v) is 4.60. The quantitative estimate of drug-likeness (QED) is 0.666. The van der Waals surface area contributed by atoms with Gasteiger partial charge in [-0.15, -0.1) is 0 Å². The topological polar surface area (TPSA) is 49.4 Å². The zero-order valence-electron chi connectivity index (χ0n) is 12.4. The molecule has 2 aromatic carbocycles. The standard InChI is InChI=1S/C17H18O3.Na/c1-2-16(13-6-4-3-5-7-13)14-8-10-15(11-9-14)20-12-17(18)19;/h3-11,16H,2,12H2,1H3,(H,18,19);/q;+1/p-1. The van der Waals surface area contributed by atoms with Crippen LogP contribution in [0.3, 0.4) is 0 Å². The SMILES string of the molecule is CCC(c1ccccc1)c1ccc(OCC(=O)[O-])cc1.[Na+]. The molecule has 0 aliphatic carbocycles.